The Morgan fingerprint density at radius 1 is 1.00 bits per heavy atom. The zero-order valence-corrected chi connectivity index (χ0v) is 12.1. The summed E-state index contributed by atoms with van der Waals surface area (Å²) in [6.07, 6.45) is 2.29. The van der Waals surface area contributed by atoms with Crippen molar-refractivity contribution in [1.29, 1.82) is 0 Å². The molecule has 0 atom stereocenters. The van der Waals surface area contributed by atoms with E-state index in [0.29, 0.717) is 0 Å². The monoisotopic (exact) mass is 324 g/mol. The Labute approximate surface area is 96.5 Å². The molecule has 0 fully saturated rings. The van der Waals surface area contributed by atoms with Gasteiger partial charge >= 0.3 is 96.8 Å². The van der Waals surface area contributed by atoms with Crippen molar-refractivity contribution in [1.82, 2.24) is 0 Å². The van der Waals surface area contributed by atoms with Crippen LogP contribution >= 0.6 is 35.0 Å². The van der Waals surface area contributed by atoms with E-state index in [1.165, 1.54) is 5.30 Å². The van der Waals surface area contributed by atoms with Crippen molar-refractivity contribution in [2.24, 2.45) is 0 Å². The predicted molar refractivity (Wildman–Crippen MR) is 71.9 cm³/mol. The first-order valence-electron chi connectivity index (χ1n) is 4.52. The number of halogens is 2. The maximum atomic E-state index is 3.94. The van der Waals surface area contributed by atoms with Crippen LogP contribution in [0.15, 0.2) is 30.3 Å². The molecule has 0 aliphatic heterocycles. The minimum absolute atomic E-state index is 1.14. The number of rotatable bonds is 3. The van der Waals surface area contributed by atoms with Gasteiger partial charge in [0.2, 0.25) is 0 Å². The molecule has 0 unspecified atom stereocenters. The van der Waals surface area contributed by atoms with E-state index in [-0.39, 0.29) is 0 Å². The molecule has 0 spiro atoms. The van der Waals surface area contributed by atoms with Gasteiger partial charge < -0.3 is 0 Å². The van der Waals surface area contributed by atoms with Crippen LogP contribution in [-0.4, -0.2) is 12.3 Å². The third-order valence-corrected chi connectivity index (χ3v) is 14.9. The molecule has 0 bridgehead atoms. The normalized spacial score (nSPS) is 14.9. The Balaban J connectivity index is 3.19. The predicted octanol–water partition coefficient (Wildman–Crippen LogP) is 4.52. The molecule has 3 heteroatoms. The van der Waals surface area contributed by atoms with Crippen molar-refractivity contribution < 1.29 is 0 Å². The molecule has 0 aliphatic carbocycles. The molecular formula is C10H15Br2P. The fourth-order valence-electron chi connectivity index (χ4n) is 1.34. The topological polar surface area (TPSA) is 0 Å². The average Bonchev–Trinajstić information content (AvgIpc) is 2.20. The molecule has 0 saturated carbocycles. The third kappa shape index (κ3) is 2.34. The first-order valence-corrected chi connectivity index (χ1v) is 11.2. The summed E-state index contributed by atoms with van der Waals surface area (Å²) >= 11 is 7.89. The van der Waals surface area contributed by atoms with Crippen molar-refractivity contribution in [2.45, 2.75) is 13.8 Å². The molecule has 0 radical (unpaired) electrons. The first-order chi connectivity index (χ1) is 6.02. The third-order valence-electron chi connectivity index (χ3n) is 2.56. The molecular weight excluding hydrogens is 311 g/mol. The van der Waals surface area contributed by atoms with Crippen LogP contribution in [-0.2, 0) is 0 Å². The molecule has 74 valence electrons. The fourth-order valence-corrected chi connectivity index (χ4v) is 4.76. The van der Waals surface area contributed by atoms with Gasteiger partial charge in [0.1, 0.15) is 0 Å². The summed E-state index contributed by atoms with van der Waals surface area (Å²) in [4.78, 5) is 0. The van der Waals surface area contributed by atoms with Gasteiger partial charge in [0, 0.05) is 0 Å². The summed E-state index contributed by atoms with van der Waals surface area (Å²) in [5, 5.41) is 1.42. The van der Waals surface area contributed by atoms with Gasteiger partial charge in [-0.3, -0.25) is 0 Å². The van der Waals surface area contributed by atoms with E-state index < -0.39 is 4.01 Å². The zero-order chi connectivity index (χ0) is 9.97. The van der Waals surface area contributed by atoms with E-state index in [4.69, 9.17) is 0 Å². The maximum absolute atomic E-state index is 3.94. The van der Waals surface area contributed by atoms with Crippen LogP contribution in [0.3, 0.4) is 0 Å². The Kier molecular flexibility index (Phi) is 3.60. The van der Waals surface area contributed by atoms with Gasteiger partial charge in [0.25, 0.3) is 0 Å². The van der Waals surface area contributed by atoms with Gasteiger partial charge in [-0.1, -0.05) is 0 Å². The summed E-state index contributed by atoms with van der Waals surface area (Å²) in [5.74, 6) is 0. The van der Waals surface area contributed by atoms with E-state index in [2.05, 4.69) is 75.2 Å². The van der Waals surface area contributed by atoms with Crippen LogP contribution in [0.5, 0.6) is 0 Å². The van der Waals surface area contributed by atoms with Crippen LogP contribution < -0.4 is 5.30 Å². The summed E-state index contributed by atoms with van der Waals surface area (Å²) in [6, 6.07) is 10.7. The quantitative estimate of drug-likeness (QED) is 0.716. The summed E-state index contributed by atoms with van der Waals surface area (Å²) in [6.45, 7) is 4.47. The molecule has 1 aromatic carbocycles. The second-order valence-corrected chi connectivity index (χ2v) is 20.6. The number of benzene rings is 1. The average molecular weight is 326 g/mol. The van der Waals surface area contributed by atoms with Crippen LogP contribution in [0.2, 0.25) is 0 Å². The van der Waals surface area contributed by atoms with Crippen LogP contribution in [0.1, 0.15) is 13.8 Å². The van der Waals surface area contributed by atoms with E-state index in [0.717, 1.165) is 12.3 Å². The van der Waals surface area contributed by atoms with Gasteiger partial charge in [-0.15, -0.1) is 0 Å². The standard InChI is InChI=1S/C10H15Br2P/c1-3-13(11,12,4-2)10-8-6-5-7-9-10/h5-9H,3-4H2,1-2H3. The van der Waals surface area contributed by atoms with Gasteiger partial charge in [-0.2, -0.15) is 0 Å². The van der Waals surface area contributed by atoms with Gasteiger partial charge in [-0.25, -0.2) is 0 Å². The van der Waals surface area contributed by atoms with Gasteiger partial charge in [-0.05, 0) is 0 Å². The second-order valence-electron chi connectivity index (χ2n) is 3.22. The van der Waals surface area contributed by atoms with E-state index in [1.807, 2.05) is 0 Å². The molecule has 1 rings (SSSR count). The summed E-state index contributed by atoms with van der Waals surface area (Å²) < 4.78 is -1.92. The Morgan fingerprint density at radius 3 is 1.85 bits per heavy atom. The van der Waals surface area contributed by atoms with E-state index in [1.54, 1.807) is 0 Å². The first kappa shape index (κ1) is 11.7. The number of hydrogen-bond donors (Lipinski definition) is 0. The molecule has 0 saturated heterocycles. The summed E-state index contributed by atoms with van der Waals surface area (Å²) in [5.41, 5.74) is 0. The van der Waals surface area contributed by atoms with Crippen molar-refractivity contribution in [3.8, 4) is 0 Å². The molecule has 0 nitrogen and oxygen atoms in total. The van der Waals surface area contributed by atoms with Crippen LogP contribution in [0, 0.1) is 0 Å². The SMILES string of the molecule is CCP(Br)(Br)(CC)c1ccccc1. The van der Waals surface area contributed by atoms with Gasteiger partial charge in [0.15, 0.2) is 0 Å². The minimum atomic E-state index is -1.92. The molecule has 0 aromatic heterocycles. The number of hydrogen-bond acceptors (Lipinski definition) is 0. The second kappa shape index (κ2) is 4.00. The fraction of sp³-hybridized carbons (Fsp3) is 0.400. The van der Waals surface area contributed by atoms with Crippen molar-refractivity contribution in [3.63, 3.8) is 0 Å². The zero-order valence-electron chi connectivity index (χ0n) is 8.00. The van der Waals surface area contributed by atoms with E-state index in [9.17, 15) is 0 Å². The van der Waals surface area contributed by atoms with Crippen molar-refractivity contribution >= 4 is 40.3 Å². The Hall–Kier alpha value is 0.610. The molecule has 1 aromatic rings. The van der Waals surface area contributed by atoms with Crippen LogP contribution in [0.4, 0.5) is 0 Å². The van der Waals surface area contributed by atoms with E-state index >= 15 is 0 Å². The molecule has 13 heavy (non-hydrogen) atoms. The molecule has 0 aliphatic rings. The molecule has 0 heterocycles. The summed E-state index contributed by atoms with van der Waals surface area (Å²) in [7, 11) is 0. The van der Waals surface area contributed by atoms with Crippen molar-refractivity contribution in [2.75, 3.05) is 12.3 Å². The Morgan fingerprint density at radius 2 is 1.46 bits per heavy atom. The van der Waals surface area contributed by atoms with Crippen LogP contribution in [0.25, 0.3) is 0 Å². The molecule has 0 amide bonds. The Bertz CT molecular complexity index is 274. The van der Waals surface area contributed by atoms with Gasteiger partial charge in [0.05, 0.1) is 0 Å². The molecule has 0 N–H and O–H groups in total. The van der Waals surface area contributed by atoms with Crippen molar-refractivity contribution in [3.05, 3.63) is 30.3 Å².